The van der Waals surface area contributed by atoms with E-state index in [1.807, 2.05) is 45.0 Å². The number of aryl methyl sites for hydroxylation is 3. The van der Waals surface area contributed by atoms with Gasteiger partial charge >= 0.3 is 6.18 Å². The van der Waals surface area contributed by atoms with E-state index in [1.54, 1.807) is 30.3 Å². The molecular formula is C46H44F3IrN3O-2. The van der Waals surface area contributed by atoms with Crippen LogP contribution in [0.4, 0.5) is 13.2 Å². The summed E-state index contributed by atoms with van der Waals surface area (Å²) in [4.78, 5) is 12.5. The Hall–Kier alpha value is -4.65. The second-order valence-electron chi connectivity index (χ2n) is 14.0. The number of para-hydroxylation sites is 1. The Bertz CT molecular complexity index is 2880. The summed E-state index contributed by atoms with van der Waals surface area (Å²) in [6.45, 7) is -1.02. The zero-order chi connectivity index (χ0) is 49.2. The zero-order valence-corrected chi connectivity index (χ0v) is 32.3. The molecule has 0 aliphatic heterocycles. The van der Waals surface area contributed by atoms with Crippen LogP contribution in [0.15, 0.2) is 102 Å². The van der Waals surface area contributed by atoms with E-state index in [2.05, 4.69) is 27.2 Å². The Balaban J connectivity index is 0.000000296. The molecule has 0 amide bonds. The number of alkyl halides is 3. The maximum Gasteiger partial charge on any atom is 0.394 e. The molecule has 0 saturated carbocycles. The molecule has 1 radical (unpaired) electrons. The summed E-state index contributed by atoms with van der Waals surface area (Å²) in [5.41, 5.74) is -1.58. The number of halogens is 3. The molecule has 0 saturated heterocycles. The third-order valence-electron chi connectivity index (χ3n) is 8.24. The van der Waals surface area contributed by atoms with Crippen LogP contribution >= 0.6 is 0 Å². The van der Waals surface area contributed by atoms with Gasteiger partial charge in [0.05, 0.1) is 11.0 Å². The zero-order valence-electron chi connectivity index (χ0n) is 43.0. The van der Waals surface area contributed by atoms with Crippen molar-refractivity contribution in [2.45, 2.75) is 74.1 Å². The molecule has 0 spiro atoms. The molecule has 8 heteroatoms. The summed E-state index contributed by atoms with van der Waals surface area (Å²) in [6, 6.07) is 24.8. The summed E-state index contributed by atoms with van der Waals surface area (Å²) in [5, 5.41) is 1.60. The smallest absolute Gasteiger partial charge is 0.394 e. The topological polar surface area (TPSA) is 51.8 Å². The fourth-order valence-corrected chi connectivity index (χ4v) is 5.54. The van der Waals surface area contributed by atoms with Crippen molar-refractivity contribution in [2.75, 3.05) is 0 Å². The van der Waals surface area contributed by atoms with Crippen LogP contribution in [0.5, 0.6) is 0 Å². The molecule has 4 heterocycles. The molecule has 4 aromatic heterocycles. The van der Waals surface area contributed by atoms with Crippen LogP contribution in [-0.4, -0.2) is 21.1 Å². The molecule has 0 fully saturated rings. The predicted molar refractivity (Wildman–Crippen MR) is 208 cm³/mol. The van der Waals surface area contributed by atoms with E-state index in [0.29, 0.717) is 47.4 Å². The van der Waals surface area contributed by atoms with Crippen LogP contribution in [-0.2, 0) is 32.9 Å². The normalized spacial score (nSPS) is 16.8. The largest absolute Gasteiger partial charge is 0.501 e. The molecule has 0 atom stereocenters. The molecule has 4 nitrogen and oxygen atoms in total. The van der Waals surface area contributed by atoms with Gasteiger partial charge in [-0.25, -0.2) is 0 Å². The molecule has 0 aliphatic carbocycles. The number of nitrogens with zero attached hydrogens (tertiary/aromatic N) is 3. The van der Waals surface area contributed by atoms with Crippen LogP contribution in [0, 0.1) is 43.6 Å². The van der Waals surface area contributed by atoms with Gasteiger partial charge in [0.1, 0.15) is 5.58 Å². The number of rotatable bonds is 6. The summed E-state index contributed by atoms with van der Waals surface area (Å²) in [6.07, 6.45) is -4.18. The average Bonchev–Trinajstić information content (AvgIpc) is 3.61. The SMILES string of the molecule is [2H]C([2H])([2H])c1ccc(-c2ccc(C([2H])([2H])C(C)(C)C)cn2)[c-]n1.[2H]C([2H])([2H])c1cnc(-c2[c-]ccc3c2oc2ccccc23)cc1-c1ccc(C([2H])([2H])C(C)(C)C(F)(F)F)cc1C([2H])([2H])[2H].[Ir]. The third-order valence-corrected chi connectivity index (χ3v) is 8.24. The number of fused-ring (bicyclic) bond motifs is 3. The van der Waals surface area contributed by atoms with Crippen molar-refractivity contribution in [1.29, 1.82) is 0 Å². The molecule has 0 bridgehead atoms. The van der Waals surface area contributed by atoms with E-state index in [0.717, 1.165) is 35.2 Å². The second-order valence-corrected chi connectivity index (χ2v) is 14.0. The Morgan fingerprint density at radius 1 is 0.741 bits per heavy atom. The summed E-state index contributed by atoms with van der Waals surface area (Å²) >= 11 is 0. The van der Waals surface area contributed by atoms with E-state index >= 15 is 0 Å². The van der Waals surface area contributed by atoms with Gasteiger partial charge in [-0.15, -0.1) is 35.9 Å². The van der Waals surface area contributed by atoms with E-state index < -0.39 is 61.4 Å². The predicted octanol–water partition coefficient (Wildman–Crippen LogP) is 12.7. The molecule has 3 aromatic carbocycles. The number of pyridine rings is 3. The van der Waals surface area contributed by atoms with Crippen LogP contribution in [0.25, 0.3) is 55.6 Å². The first-order valence-corrected chi connectivity index (χ1v) is 16.6. The van der Waals surface area contributed by atoms with Crippen molar-refractivity contribution in [3.05, 3.63) is 138 Å². The minimum absolute atomic E-state index is 0. The Labute approximate surface area is 347 Å². The van der Waals surface area contributed by atoms with Crippen molar-refractivity contribution in [1.82, 2.24) is 15.0 Å². The average molecular weight is 917 g/mol. The van der Waals surface area contributed by atoms with Gasteiger partial charge in [-0.05, 0) is 94.6 Å². The molecule has 7 rings (SSSR count). The van der Waals surface area contributed by atoms with Crippen LogP contribution in [0.1, 0.15) is 80.4 Å². The van der Waals surface area contributed by atoms with Crippen molar-refractivity contribution in [3.63, 3.8) is 0 Å². The van der Waals surface area contributed by atoms with Crippen molar-refractivity contribution < 1.29 is 55.5 Å². The monoisotopic (exact) mass is 917 g/mol. The van der Waals surface area contributed by atoms with Gasteiger partial charge in [0.15, 0.2) is 0 Å². The van der Waals surface area contributed by atoms with Crippen molar-refractivity contribution in [2.24, 2.45) is 10.8 Å². The summed E-state index contributed by atoms with van der Waals surface area (Å²) in [7, 11) is 0. The van der Waals surface area contributed by atoms with Crippen LogP contribution < -0.4 is 0 Å². The van der Waals surface area contributed by atoms with Gasteiger partial charge in [0.2, 0.25) is 0 Å². The molecule has 7 aromatic rings. The van der Waals surface area contributed by atoms with Gasteiger partial charge in [-0.3, -0.25) is 0 Å². The van der Waals surface area contributed by atoms with Crippen molar-refractivity contribution >= 4 is 21.9 Å². The number of hydrogen-bond donors (Lipinski definition) is 0. The maximum absolute atomic E-state index is 13.8. The van der Waals surface area contributed by atoms with Gasteiger partial charge in [0.25, 0.3) is 0 Å². The van der Waals surface area contributed by atoms with Crippen molar-refractivity contribution in [3.8, 4) is 33.6 Å². The number of benzene rings is 3. The molecule has 0 unspecified atom stereocenters. The van der Waals surface area contributed by atoms with Gasteiger partial charge in [-0.2, -0.15) is 13.2 Å². The van der Waals surface area contributed by atoms with E-state index in [4.69, 9.17) is 22.2 Å². The Morgan fingerprint density at radius 3 is 2.17 bits per heavy atom. The molecular weight excluding hydrogens is 860 g/mol. The summed E-state index contributed by atoms with van der Waals surface area (Å²) in [5.74, 6) is 0. The number of aromatic nitrogens is 3. The first-order valence-electron chi connectivity index (χ1n) is 23.1. The van der Waals surface area contributed by atoms with E-state index in [1.165, 1.54) is 18.3 Å². The van der Waals surface area contributed by atoms with E-state index in [9.17, 15) is 13.2 Å². The number of hydrogen-bond acceptors (Lipinski definition) is 4. The van der Waals surface area contributed by atoms with Gasteiger partial charge < -0.3 is 19.4 Å². The Morgan fingerprint density at radius 2 is 1.50 bits per heavy atom. The first kappa shape index (κ1) is 26.2. The van der Waals surface area contributed by atoms with Gasteiger partial charge in [0, 0.05) is 55.7 Å². The third kappa shape index (κ3) is 9.17. The molecule has 0 aliphatic rings. The minimum Gasteiger partial charge on any atom is -0.501 e. The molecule has 281 valence electrons. The van der Waals surface area contributed by atoms with E-state index in [-0.39, 0.29) is 48.2 Å². The summed E-state index contributed by atoms with van der Waals surface area (Å²) < 4.78 is 151. The second kappa shape index (κ2) is 16.0. The number of furan rings is 1. The molecule has 54 heavy (non-hydrogen) atoms. The fourth-order valence-electron chi connectivity index (χ4n) is 5.54. The quantitative estimate of drug-likeness (QED) is 0.156. The minimum atomic E-state index is -4.95. The van der Waals surface area contributed by atoms with Gasteiger partial charge in [-0.1, -0.05) is 107 Å². The van der Waals surface area contributed by atoms with Crippen LogP contribution in [0.2, 0.25) is 0 Å². The molecule has 0 N–H and O–H groups in total. The van der Waals surface area contributed by atoms with Crippen LogP contribution in [0.3, 0.4) is 0 Å². The maximum atomic E-state index is 13.8. The standard InChI is InChI=1S/C30H25F3NO.C16H19N2.Ir/c1-18-14-20(16-29(3,4)30(31,32)33)12-13-21(18)25-15-26(34-17-19(25)2)24-10-7-9-23-22-8-5-6-11-27(22)35-28(23)24;1-12-5-7-14(11-17-12)15-8-6-13(10-18-15)9-16(2,3)4;/h5-9,11-15,17H,16H2,1-4H3;5-8,10H,9H2,1-4H3;/q2*-1;/i1D3,2D3,16D2;1D3,9D2;. The fraction of sp³-hybridized carbons (Fsp3) is 0.283. The first-order chi connectivity index (χ1) is 30.2. The Kier molecular flexibility index (Phi) is 7.76.